The summed E-state index contributed by atoms with van der Waals surface area (Å²) in [5, 5.41) is 0. The van der Waals surface area contributed by atoms with Crippen molar-refractivity contribution in [1.82, 2.24) is 10.9 Å². The Balaban J connectivity index is 2.04. The molecule has 0 unspecified atom stereocenters. The van der Waals surface area contributed by atoms with E-state index < -0.39 is 11.8 Å². The summed E-state index contributed by atoms with van der Waals surface area (Å²) in [5.74, 6) is 0.663. The van der Waals surface area contributed by atoms with Gasteiger partial charge in [0.25, 0.3) is 11.8 Å². The molecule has 0 saturated heterocycles. The predicted octanol–water partition coefficient (Wildman–Crippen LogP) is 1.98. The number of carbonyl (C=O) groups excluding carboxylic acids is 2. The van der Waals surface area contributed by atoms with E-state index in [9.17, 15) is 9.59 Å². The molecule has 0 aliphatic heterocycles. The Hall–Kier alpha value is -2.76. The van der Waals surface area contributed by atoms with Gasteiger partial charge < -0.3 is 9.15 Å². The Morgan fingerprint density at radius 2 is 1.67 bits per heavy atom. The number of amides is 2. The molecule has 2 aromatic rings. The Morgan fingerprint density at radius 3 is 2.24 bits per heavy atom. The van der Waals surface area contributed by atoms with Crippen LogP contribution in [0.4, 0.5) is 0 Å². The minimum atomic E-state index is -0.460. The molecule has 1 aromatic carbocycles. The van der Waals surface area contributed by atoms with E-state index in [0.29, 0.717) is 28.4 Å². The highest BCUT2D eigenvalue weighted by atomic mass is 16.5. The summed E-state index contributed by atoms with van der Waals surface area (Å²) in [7, 11) is 1.47. The largest absolute Gasteiger partial charge is 0.496 e. The molecule has 6 nitrogen and oxygen atoms in total. The van der Waals surface area contributed by atoms with E-state index in [1.165, 1.54) is 7.11 Å². The summed E-state index contributed by atoms with van der Waals surface area (Å²) in [6.45, 7) is 3.43. The van der Waals surface area contributed by atoms with Gasteiger partial charge in [-0.2, -0.15) is 0 Å². The van der Waals surface area contributed by atoms with E-state index in [1.807, 2.05) is 0 Å². The quantitative estimate of drug-likeness (QED) is 0.846. The van der Waals surface area contributed by atoms with Crippen LogP contribution in [0, 0.1) is 13.8 Å². The first kappa shape index (κ1) is 14.6. The summed E-state index contributed by atoms with van der Waals surface area (Å²) in [6, 6.07) is 8.35. The van der Waals surface area contributed by atoms with Crippen LogP contribution in [0.3, 0.4) is 0 Å². The summed E-state index contributed by atoms with van der Waals surface area (Å²) in [6.07, 6.45) is 0. The number of hydrogen-bond acceptors (Lipinski definition) is 4. The second-order valence-electron chi connectivity index (χ2n) is 4.44. The molecule has 1 heterocycles. The Morgan fingerprint density at radius 1 is 1.05 bits per heavy atom. The lowest BCUT2D eigenvalue weighted by Crippen LogP contribution is -2.41. The lowest BCUT2D eigenvalue weighted by Gasteiger charge is -2.09. The Labute approximate surface area is 122 Å². The number of rotatable bonds is 3. The van der Waals surface area contributed by atoms with E-state index in [-0.39, 0.29) is 0 Å². The van der Waals surface area contributed by atoms with Gasteiger partial charge in [-0.15, -0.1) is 0 Å². The minimum absolute atomic E-state index is 0.334. The van der Waals surface area contributed by atoms with Crippen molar-refractivity contribution in [3.8, 4) is 5.75 Å². The van der Waals surface area contributed by atoms with Gasteiger partial charge in [-0.3, -0.25) is 20.4 Å². The zero-order chi connectivity index (χ0) is 15.4. The Kier molecular flexibility index (Phi) is 4.27. The fraction of sp³-hybridized carbons (Fsp3) is 0.200. The van der Waals surface area contributed by atoms with E-state index in [4.69, 9.17) is 9.15 Å². The summed E-state index contributed by atoms with van der Waals surface area (Å²) in [5.41, 5.74) is 5.41. The van der Waals surface area contributed by atoms with Crippen molar-refractivity contribution < 1.29 is 18.7 Å². The number of aryl methyl sites for hydroxylation is 2. The predicted molar refractivity (Wildman–Crippen MR) is 76.1 cm³/mol. The molecule has 2 N–H and O–H groups in total. The second-order valence-corrected chi connectivity index (χ2v) is 4.44. The van der Waals surface area contributed by atoms with Crippen LogP contribution < -0.4 is 15.6 Å². The third-order valence-corrected chi connectivity index (χ3v) is 2.93. The van der Waals surface area contributed by atoms with Gasteiger partial charge in [0.1, 0.15) is 17.3 Å². The number of ether oxygens (including phenoxy) is 1. The molecule has 6 heteroatoms. The topological polar surface area (TPSA) is 80.6 Å². The lowest BCUT2D eigenvalue weighted by molar-refractivity contribution is 0.0844. The van der Waals surface area contributed by atoms with E-state index in [0.717, 1.165) is 0 Å². The lowest BCUT2D eigenvalue weighted by atomic mass is 10.2. The van der Waals surface area contributed by atoms with Crippen molar-refractivity contribution in [3.05, 3.63) is 53.0 Å². The first-order valence-electron chi connectivity index (χ1n) is 6.33. The van der Waals surface area contributed by atoms with Crippen LogP contribution in [-0.2, 0) is 0 Å². The highest BCUT2D eigenvalue weighted by Gasteiger charge is 2.16. The maximum Gasteiger partial charge on any atom is 0.273 e. The molecule has 1 aromatic heterocycles. The molecule has 0 aliphatic carbocycles. The third-order valence-electron chi connectivity index (χ3n) is 2.93. The van der Waals surface area contributed by atoms with Gasteiger partial charge in [-0.05, 0) is 32.0 Å². The molecule has 0 spiro atoms. The van der Waals surface area contributed by atoms with Crippen LogP contribution in [-0.4, -0.2) is 18.9 Å². The zero-order valence-electron chi connectivity index (χ0n) is 12.0. The summed E-state index contributed by atoms with van der Waals surface area (Å²) in [4.78, 5) is 24.0. The molecule has 0 radical (unpaired) electrons. The fourth-order valence-corrected chi connectivity index (χ4v) is 1.94. The number of para-hydroxylation sites is 1. The van der Waals surface area contributed by atoms with Crippen LogP contribution >= 0.6 is 0 Å². The molecule has 21 heavy (non-hydrogen) atoms. The van der Waals surface area contributed by atoms with Crippen LogP contribution in [0.15, 0.2) is 34.7 Å². The first-order valence-corrected chi connectivity index (χ1v) is 6.33. The minimum Gasteiger partial charge on any atom is -0.496 e. The second kappa shape index (κ2) is 6.13. The van der Waals surface area contributed by atoms with Crippen LogP contribution in [0.1, 0.15) is 32.2 Å². The first-order chi connectivity index (χ1) is 10.0. The van der Waals surface area contributed by atoms with Crippen molar-refractivity contribution in [2.45, 2.75) is 13.8 Å². The standard InChI is InChI=1S/C15H16N2O4/c1-9-8-12(10(2)21-9)15(19)17-16-14(18)11-6-4-5-7-13(11)20-3/h4-8H,1-3H3,(H,16,18)(H,17,19). The van der Waals surface area contributed by atoms with Gasteiger partial charge in [-0.1, -0.05) is 12.1 Å². The van der Waals surface area contributed by atoms with E-state index in [1.54, 1.807) is 44.2 Å². The van der Waals surface area contributed by atoms with Gasteiger partial charge in [-0.25, -0.2) is 0 Å². The van der Waals surface area contributed by atoms with Crippen molar-refractivity contribution >= 4 is 11.8 Å². The number of carbonyl (C=O) groups is 2. The molecule has 2 rings (SSSR count). The van der Waals surface area contributed by atoms with Gasteiger partial charge in [0.05, 0.1) is 18.2 Å². The molecule has 0 fully saturated rings. The summed E-state index contributed by atoms with van der Waals surface area (Å²) < 4.78 is 10.4. The van der Waals surface area contributed by atoms with Crippen LogP contribution in [0.2, 0.25) is 0 Å². The van der Waals surface area contributed by atoms with Crippen LogP contribution in [0.25, 0.3) is 0 Å². The number of hydrazine groups is 1. The maximum atomic E-state index is 12.0. The van der Waals surface area contributed by atoms with Crippen molar-refractivity contribution in [1.29, 1.82) is 0 Å². The van der Waals surface area contributed by atoms with Crippen molar-refractivity contribution in [2.24, 2.45) is 0 Å². The monoisotopic (exact) mass is 288 g/mol. The van der Waals surface area contributed by atoms with E-state index in [2.05, 4.69) is 10.9 Å². The average Bonchev–Trinajstić information content (AvgIpc) is 2.83. The van der Waals surface area contributed by atoms with Gasteiger partial charge in [0.2, 0.25) is 0 Å². The molecule has 2 amide bonds. The zero-order valence-corrected chi connectivity index (χ0v) is 12.0. The number of benzene rings is 1. The third kappa shape index (κ3) is 3.22. The molecule has 0 saturated carbocycles. The SMILES string of the molecule is COc1ccccc1C(=O)NNC(=O)c1cc(C)oc1C. The molecular weight excluding hydrogens is 272 g/mol. The number of furan rings is 1. The van der Waals surface area contributed by atoms with Gasteiger partial charge >= 0.3 is 0 Å². The maximum absolute atomic E-state index is 12.0. The van der Waals surface area contributed by atoms with Gasteiger partial charge in [0.15, 0.2) is 0 Å². The highest BCUT2D eigenvalue weighted by Crippen LogP contribution is 2.17. The number of nitrogens with one attached hydrogen (secondary N) is 2. The molecule has 0 bridgehead atoms. The molecule has 0 atom stereocenters. The highest BCUT2D eigenvalue weighted by molar-refractivity contribution is 6.00. The number of methoxy groups -OCH3 is 1. The van der Waals surface area contributed by atoms with Gasteiger partial charge in [0, 0.05) is 0 Å². The normalized spacial score (nSPS) is 10.0. The molecular formula is C15H16N2O4. The average molecular weight is 288 g/mol. The molecule has 110 valence electrons. The summed E-state index contributed by atoms with van der Waals surface area (Å²) >= 11 is 0. The van der Waals surface area contributed by atoms with Crippen molar-refractivity contribution in [3.63, 3.8) is 0 Å². The van der Waals surface area contributed by atoms with E-state index >= 15 is 0 Å². The molecule has 0 aliphatic rings. The Bertz CT molecular complexity index is 676. The van der Waals surface area contributed by atoms with Crippen LogP contribution in [0.5, 0.6) is 5.75 Å². The fourth-order valence-electron chi connectivity index (χ4n) is 1.94. The number of hydrogen-bond donors (Lipinski definition) is 2. The van der Waals surface area contributed by atoms with Crippen molar-refractivity contribution in [2.75, 3.05) is 7.11 Å². The smallest absolute Gasteiger partial charge is 0.273 e.